The molecule has 0 bridgehead atoms. The van der Waals surface area contributed by atoms with Gasteiger partial charge in [-0.1, -0.05) is 54.6 Å². The Labute approximate surface area is 165 Å². The molecule has 28 heavy (non-hydrogen) atoms. The molecule has 2 aromatic carbocycles. The first-order valence-corrected chi connectivity index (χ1v) is 9.31. The number of hydrogen-bond donors (Lipinski definition) is 1. The normalized spacial score (nSPS) is 10.5. The Morgan fingerprint density at radius 3 is 2.29 bits per heavy atom. The molecule has 0 radical (unpaired) electrons. The number of pyridine rings is 1. The molecular formula is C21H15FN4OS. The van der Waals surface area contributed by atoms with Gasteiger partial charge in [0.1, 0.15) is 10.8 Å². The average molecular weight is 390 g/mol. The molecule has 2 heterocycles. The van der Waals surface area contributed by atoms with Gasteiger partial charge >= 0.3 is 0 Å². The summed E-state index contributed by atoms with van der Waals surface area (Å²) in [5, 5.41) is 0.472. The number of nitrogens with zero attached hydrogens (tertiary/aromatic N) is 3. The van der Waals surface area contributed by atoms with E-state index in [9.17, 15) is 4.39 Å². The van der Waals surface area contributed by atoms with Crippen LogP contribution in [0.1, 0.15) is 0 Å². The third-order valence-electron chi connectivity index (χ3n) is 3.67. The number of hydrogen-bond acceptors (Lipinski definition) is 6. The highest BCUT2D eigenvalue weighted by atomic mass is 32.2. The van der Waals surface area contributed by atoms with Crippen molar-refractivity contribution >= 4 is 17.9 Å². The van der Waals surface area contributed by atoms with E-state index in [1.807, 2.05) is 60.7 Å². The zero-order chi connectivity index (χ0) is 19.2. The maximum absolute atomic E-state index is 13.3. The first-order valence-electron chi connectivity index (χ1n) is 8.49. The van der Waals surface area contributed by atoms with Crippen molar-refractivity contribution in [2.24, 2.45) is 0 Å². The van der Waals surface area contributed by atoms with Gasteiger partial charge < -0.3 is 4.74 Å². The summed E-state index contributed by atoms with van der Waals surface area (Å²) >= 11 is 1.12. The number of benzene rings is 2. The van der Waals surface area contributed by atoms with E-state index in [0.717, 1.165) is 17.5 Å². The Kier molecular flexibility index (Phi) is 5.44. The quantitative estimate of drug-likeness (QED) is 0.342. The lowest BCUT2D eigenvalue weighted by Crippen LogP contribution is -2.00. The molecule has 5 nitrogen and oxygen atoms in total. The lowest BCUT2D eigenvalue weighted by molar-refractivity contribution is 0.463. The minimum atomic E-state index is -0.543. The van der Waals surface area contributed by atoms with Crippen LogP contribution < -0.4 is 9.46 Å². The van der Waals surface area contributed by atoms with E-state index < -0.39 is 5.95 Å². The van der Waals surface area contributed by atoms with Gasteiger partial charge in [0.2, 0.25) is 17.8 Å². The molecule has 0 aliphatic rings. The van der Waals surface area contributed by atoms with Crippen molar-refractivity contribution in [2.75, 3.05) is 4.72 Å². The number of halogens is 1. The summed E-state index contributed by atoms with van der Waals surface area (Å²) in [5.74, 6) is 0.864. The van der Waals surface area contributed by atoms with E-state index in [1.165, 1.54) is 6.07 Å². The van der Waals surface area contributed by atoms with Crippen LogP contribution in [-0.4, -0.2) is 15.0 Å². The summed E-state index contributed by atoms with van der Waals surface area (Å²) in [6.07, 6.45) is 0. The fourth-order valence-corrected chi connectivity index (χ4v) is 3.00. The van der Waals surface area contributed by atoms with E-state index in [-0.39, 0.29) is 0 Å². The number of para-hydroxylation sites is 1. The molecule has 4 rings (SSSR count). The first kappa shape index (κ1) is 17.9. The Morgan fingerprint density at radius 1 is 0.786 bits per heavy atom. The van der Waals surface area contributed by atoms with Crippen molar-refractivity contribution in [1.82, 2.24) is 15.0 Å². The Hall–Kier alpha value is -3.45. The van der Waals surface area contributed by atoms with Gasteiger partial charge in [0.25, 0.3) is 0 Å². The van der Waals surface area contributed by atoms with E-state index in [1.54, 1.807) is 18.2 Å². The highest BCUT2D eigenvalue weighted by Gasteiger charge is 2.09. The van der Waals surface area contributed by atoms with Gasteiger partial charge in [-0.05, 0) is 24.3 Å². The molecule has 138 valence electrons. The maximum Gasteiger partial charge on any atom is 0.237 e. The van der Waals surface area contributed by atoms with E-state index in [0.29, 0.717) is 28.3 Å². The summed E-state index contributed by atoms with van der Waals surface area (Å²) in [4.78, 5) is 12.7. The average Bonchev–Trinajstić information content (AvgIpc) is 2.74. The Balaban J connectivity index is 1.63. The minimum Gasteiger partial charge on any atom is -0.439 e. The summed E-state index contributed by atoms with van der Waals surface area (Å²) in [6.45, 7) is 0. The zero-order valence-electron chi connectivity index (χ0n) is 14.6. The van der Waals surface area contributed by atoms with Gasteiger partial charge in [-0.25, -0.2) is 9.97 Å². The van der Waals surface area contributed by atoms with Gasteiger partial charge in [0.05, 0.1) is 5.69 Å². The third-order valence-corrected chi connectivity index (χ3v) is 4.40. The highest BCUT2D eigenvalue weighted by Crippen LogP contribution is 2.27. The van der Waals surface area contributed by atoms with Gasteiger partial charge in [-0.15, -0.1) is 0 Å². The second kappa shape index (κ2) is 8.49. The van der Waals surface area contributed by atoms with Crippen LogP contribution in [0.5, 0.6) is 11.6 Å². The fraction of sp³-hybridized carbons (Fsp3) is 0. The highest BCUT2D eigenvalue weighted by molar-refractivity contribution is 8.00. The van der Waals surface area contributed by atoms with Crippen LogP contribution >= 0.6 is 11.9 Å². The molecule has 0 saturated heterocycles. The van der Waals surface area contributed by atoms with E-state index in [4.69, 9.17) is 4.74 Å². The summed E-state index contributed by atoms with van der Waals surface area (Å²) in [5.41, 5.74) is 1.64. The topological polar surface area (TPSA) is 59.9 Å². The van der Waals surface area contributed by atoms with Crippen LogP contribution in [0.4, 0.5) is 10.3 Å². The lowest BCUT2D eigenvalue weighted by Gasteiger charge is -2.10. The Morgan fingerprint density at radius 2 is 1.54 bits per heavy atom. The van der Waals surface area contributed by atoms with E-state index in [2.05, 4.69) is 19.7 Å². The fourth-order valence-electron chi connectivity index (χ4n) is 2.43. The maximum atomic E-state index is 13.3. The number of aromatic nitrogens is 3. The number of ether oxygens (including phenoxy) is 1. The molecule has 4 aromatic rings. The first-order chi connectivity index (χ1) is 13.8. The summed E-state index contributed by atoms with van der Waals surface area (Å²) < 4.78 is 22.2. The number of anilines is 1. The van der Waals surface area contributed by atoms with Crippen molar-refractivity contribution in [1.29, 1.82) is 0 Å². The molecule has 7 heteroatoms. The molecule has 0 amide bonds. The molecule has 0 fully saturated rings. The van der Waals surface area contributed by atoms with Gasteiger partial charge in [-0.3, -0.25) is 4.72 Å². The van der Waals surface area contributed by atoms with Crippen LogP contribution in [0.3, 0.4) is 0 Å². The minimum absolute atomic E-state index is 0.336. The van der Waals surface area contributed by atoms with Crippen molar-refractivity contribution in [3.05, 3.63) is 90.9 Å². The van der Waals surface area contributed by atoms with Crippen LogP contribution in [0.25, 0.3) is 11.3 Å². The predicted molar refractivity (Wildman–Crippen MR) is 108 cm³/mol. The molecule has 0 aliphatic carbocycles. The molecule has 0 spiro atoms. The Bertz CT molecular complexity index is 1060. The molecule has 0 atom stereocenters. The van der Waals surface area contributed by atoms with Crippen molar-refractivity contribution < 1.29 is 9.13 Å². The monoisotopic (exact) mass is 390 g/mol. The molecule has 0 aliphatic heterocycles. The standard InChI is InChI=1S/C21H15FN4OS/c22-18-12-7-13-20(24-18)28-26-21-23-17(15-8-3-1-4-9-15)14-19(25-21)27-16-10-5-2-6-11-16/h1-14H,(H,23,25,26). The predicted octanol–water partition coefficient (Wildman–Crippen LogP) is 5.59. The molecule has 0 unspecified atom stereocenters. The lowest BCUT2D eigenvalue weighted by atomic mass is 10.1. The number of rotatable bonds is 6. The second-order valence-corrected chi connectivity index (χ2v) is 6.53. The second-order valence-electron chi connectivity index (χ2n) is 5.70. The molecular weight excluding hydrogens is 375 g/mol. The molecule has 2 aromatic heterocycles. The van der Waals surface area contributed by atoms with Crippen molar-refractivity contribution in [3.63, 3.8) is 0 Å². The van der Waals surface area contributed by atoms with Crippen LogP contribution in [-0.2, 0) is 0 Å². The van der Waals surface area contributed by atoms with Crippen LogP contribution in [0.15, 0.2) is 90.0 Å². The molecule has 1 N–H and O–H groups in total. The summed E-state index contributed by atoms with van der Waals surface area (Å²) in [7, 11) is 0. The van der Waals surface area contributed by atoms with Gasteiger partial charge in [-0.2, -0.15) is 9.37 Å². The smallest absolute Gasteiger partial charge is 0.237 e. The van der Waals surface area contributed by atoms with Crippen molar-refractivity contribution in [3.8, 4) is 22.9 Å². The summed E-state index contributed by atoms with van der Waals surface area (Å²) in [6, 6.07) is 25.5. The van der Waals surface area contributed by atoms with Crippen LogP contribution in [0, 0.1) is 5.95 Å². The number of nitrogens with one attached hydrogen (secondary N) is 1. The van der Waals surface area contributed by atoms with Crippen LogP contribution in [0.2, 0.25) is 0 Å². The third kappa shape index (κ3) is 4.63. The van der Waals surface area contributed by atoms with E-state index >= 15 is 0 Å². The SMILES string of the molecule is Fc1cccc(SNc2nc(Oc3ccccc3)cc(-c3ccccc3)n2)n1. The largest absolute Gasteiger partial charge is 0.439 e. The zero-order valence-corrected chi connectivity index (χ0v) is 15.4. The van der Waals surface area contributed by atoms with Gasteiger partial charge in [0.15, 0.2) is 0 Å². The molecule has 0 saturated carbocycles. The van der Waals surface area contributed by atoms with Crippen molar-refractivity contribution in [2.45, 2.75) is 5.03 Å². The van der Waals surface area contributed by atoms with Gasteiger partial charge in [0, 0.05) is 23.6 Å².